The fourth-order valence-electron chi connectivity index (χ4n) is 2.01. The number of nitrogens with zero attached hydrogens (tertiary/aromatic N) is 3. The largest absolute Gasteiger partial charge is 0.309 e. The molecular weight excluding hydrogens is 319 g/mol. The fourth-order valence-corrected chi connectivity index (χ4v) is 2.12. The van der Waals surface area contributed by atoms with E-state index in [1.807, 2.05) is 0 Å². The third-order valence-corrected chi connectivity index (χ3v) is 3.33. The summed E-state index contributed by atoms with van der Waals surface area (Å²) >= 11 is 5.74. The zero-order chi connectivity index (χ0) is 16.2. The highest BCUT2D eigenvalue weighted by molar-refractivity contribution is 6.29. The number of halogens is 2. The quantitative estimate of drug-likeness (QED) is 0.747. The normalized spacial score (nSPS) is 10.5. The van der Waals surface area contributed by atoms with E-state index in [1.54, 1.807) is 47.4 Å². The molecule has 0 aliphatic rings. The predicted molar refractivity (Wildman–Crippen MR) is 85.1 cm³/mol. The Morgan fingerprint density at radius 1 is 1.17 bits per heavy atom. The predicted octanol–water partition coefficient (Wildman–Crippen LogP) is 3.24. The lowest BCUT2D eigenvalue weighted by atomic mass is 10.1. The average molecular weight is 331 g/mol. The van der Waals surface area contributed by atoms with Gasteiger partial charge in [-0.05, 0) is 29.8 Å². The highest BCUT2D eigenvalue weighted by Crippen LogP contribution is 2.12. The van der Waals surface area contributed by atoms with Crippen molar-refractivity contribution >= 4 is 23.3 Å². The van der Waals surface area contributed by atoms with Gasteiger partial charge in [0.25, 0.3) is 0 Å². The van der Waals surface area contributed by atoms with Gasteiger partial charge in [0.2, 0.25) is 5.91 Å². The molecule has 0 bridgehead atoms. The second kappa shape index (κ2) is 6.58. The number of rotatable bonds is 4. The van der Waals surface area contributed by atoms with E-state index in [-0.39, 0.29) is 18.1 Å². The molecule has 2 aromatic heterocycles. The smallest absolute Gasteiger partial charge is 0.229 e. The summed E-state index contributed by atoms with van der Waals surface area (Å²) in [4.78, 5) is 15.9. The van der Waals surface area contributed by atoms with E-state index in [0.717, 1.165) is 11.3 Å². The molecule has 0 saturated carbocycles. The fraction of sp³-hybridized carbons (Fsp3) is 0.0625. The van der Waals surface area contributed by atoms with Crippen LogP contribution in [0, 0.1) is 5.82 Å². The SMILES string of the molecule is O=C(Cc1ccc(F)cc1)Nc1ccn(-c2ccc(Cl)nc2)n1. The molecule has 5 nitrogen and oxygen atoms in total. The molecule has 0 spiro atoms. The van der Waals surface area contributed by atoms with Crippen LogP contribution in [0.3, 0.4) is 0 Å². The number of hydrogen-bond donors (Lipinski definition) is 1. The maximum atomic E-state index is 12.8. The zero-order valence-electron chi connectivity index (χ0n) is 11.9. The van der Waals surface area contributed by atoms with Gasteiger partial charge in [-0.1, -0.05) is 23.7 Å². The first kappa shape index (κ1) is 15.2. The molecule has 0 radical (unpaired) electrons. The van der Waals surface area contributed by atoms with E-state index < -0.39 is 0 Å². The van der Waals surface area contributed by atoms with Crippen molar-refractivity contribution in [1.29, 1.82) is 0 Å². The molecule has 1 aromatic carbocycles. The first-order chi connectivity index (χ1) is 11.1. The summed E-state index contributed by atoms with van der Waals surface area (Å²) in [6, 6.07) is 10.9. The number of amides is 1. The maximum Gasteiger partial charge on any atom is 0.229 e. The topological polar surface area (TPSA) is 59.8 Å². The minimum absolute atomic E-state index is 0.148. The van der Waals surface area contributed by atoms with Crippen molar-refractivity contribution in [2.24, 2.45) is 0 Å². The van der Waals surface area contributed by atoms with E-state index in [4.69, 9.17) is 11.6 Å². The third-order valence-electron chi connectivity index (χ3n) is 3.11. The number of nitrogens with one attached hydrogen (secondary N) is 1. The molecule has 0 aliphatic carbocycles. The summed E-state index contributed by atoms with van der Waals surface area (Å²) in [5, 5.41) is 7.34. The lowest BCUT2D eigenvalue weighted by molar-refractivity contribution is -0.115. The summed E-state index contributed by atoms with van der Waals surface area (Å²) in [7, 11) is 0. The Labute approximate surface area is 136 Å². The van der Waals surface area contributed by atoms with Crippen LogP contribution in [0.1, 0.15) is 5.56 Å². The van der Waals surface area contributed by atoms with Gasteiger partial charge in [0.15, 0.2) is 5.82 Å². The van der Waals surface area contributed by atoms with Crippen LogP contribution in [0.4, 0.5) is 10.2 Å². The molecular formula is C16H12ClFN4O. The molecule has 0 atom stereocenters. The Hall–Kier alpha value is -2.73. The van der Waals surface area contributed by atoms with Gasteiger partial charge in [-0.3, -0.25) is 4.79 Å². The van der Waals surface area contributed by atoms with Gasteiger partial charge < -0.3 is 5.32 Å². The van der Waals surface area contributed by atoms with Gasteiger partial charge in [0.1, 0.15) is 11.0 Å². The molecule has 23 heavy (non-hydrogen) atoms. The van der Waals surface area contributed by atoms with Crippen molar-refractivity contribution in [3.8, 4) is 5.69 Å². The summed E-state index contributed by atoms with van der Waals surface area (Å²) < 4.78 is 14.4. The second-order valence-corrected chi connectivity index (χ2v) is 5.22. The Morgan fingerprint density at radius 2 is 1.96 bits per heavy atom. The molecule has 2 heterocycles. The van der Waals surface area contributed by atoms with Crippen LogP contribution >= 0.6 is 11.6 Å². The number of carbonyl (C=O) groups is 1. The van der Waals surface area contributed by atoms with Crippen LogP contribution in [0.5, 0.6) is 0 Å². The van der Waals surface area contributed by atoms with Crippen molar-refractivity contribution in [2.75, 3.05) is 5.32 Å². The summed E-state index contributed by atoms with van der Waals surface area (Å²) in [5.41, 5.74) is 1.46. The Balaban J connectivity index is 1.65. The summed E-state index contributed by atoms with van der Waals surface area (Å²) in [5.74, 6) is -0.132. The van der Waals surface area contributed by atoms with Gasteiger partial charge in [0, 0.05) is 12.3 Å². The molecule has 0 saturated heterocycles. The van der Waals surface area contributed by atoms with E-state index in [1.165, 1.54) is 12.1 Å². The average Bonchev–Trinajstić information content (AvgIpc) is 2.98. The van der Waals surface area contributed by atoms with Gasteiger partial charge in [-0.2, -0.15) is 5.10 Å². The maximum absolute atomic E-state index is 12.8. The summed E-state index contributed by atoms with van der Waals surface area (Å²) in [6.45, 7) is 0. The van der Waals surface area contributed by atoms with Crippen molar-refractivity contribution in [3.05, 3.63) is 71.4 Å². The van der Waals surface area contributed by atoms with Crippen LogP contribution in [-0.2, 0) is 11.2 Å². The van der Waals surface area contributed by atoms with E-state index >= 15 is 0 Å². The molecule has 1 amide bonds. The first-order valence-corrected chi connectivity index (χ1v) is 7.20. The number of aromatic nitrogens is 3. The highest BCUT2D eigenvalue weighted by atomic mass is 35.5. The Morgan fingerprint density at radius 3 is 2.65 bits per heavy atom. The molecule has 1 N–H and O–H groups in total. The number of pyridine rings is 1. The molecule has 116 valence electrons. The monoisotopic (exact) mass is 330 g/mol. The number of anilines is 1. The van der Waals surface area contributed by atoms with Crippen LogP contribution in [0.15, 0.2) is 54.9 Å². The number of benzene rings is 1. The van der Waals surface area contributed by atoms with Gasteiger partial charge in [-0.25, -0.2) is 14.1 Å². The molecule has 3 aromatic rings. The van der Waals surface area contributed by atoms with Crippen LogP contribution < -0.4 is 5.32 Å². The lowest BCUT2D eigenvalue weighted by Crippen LogP contribution is -2.15. The first-order valence-electron chi connectivity index (χ1n) is 6.82. The van der Waals surface area contributed by atoms with Gasteiger partial charge in [0.05, 0.1) is 18.3 Å². The minimum atomic E-state index is -0.329. The molecule has 7 heteroatoms. The molecule has 0 fully saturated rings. The third kappa shape index (κ3) is 3.92. The van der Waals surface area contributed by atoms with Gasteiger partial charge >= 0.3 is 0 Å². The highest BCUT2D eigenvalue weighted by Gasteiger charge is 2.07. The van der Waals surface area contributed by atoms with Gasteiger partial charge in [-0.15, -0.1) is 0 Å². The van der Waals surface area contributed by atoms with E-state index in [0.29, 0.717) is 11.0 Å². The second-order valence-electron chi connectivity index (χ2n) is 4.84. The Bertz CT molecular complexity index is 815. The zero-order valence-corrected chi connectivity index (χ0v) is 12.7. The number of hydrogen-bond acceptors (Lipinski definition) is 3. The molecule has 3 rings (SSSR count). The lowest BCUT2D eigenvalue weighted by Gasteiger charge is -2.03. The van der Waals surface area contributed by atoms with Crippen LogP contribution in [-0.4, -0.2) is 20.7 Å². The minimum Gasteiger partial charge on any atom is -0.309 e. The molecule has 0 aliphatic heterocycles. The number of carbonyl (C=O) groups excluding carboxylic acids is 1. The Kier molecular flexibility index (Phi) is 4.34. The molecule has 0 unspecified atom stereocenters. The van der Waals surface area contributed by atoms with E-state index in [9.17, 15) is 9.18 Å². The van der Waals surface area contributed by atoms with Crippen LogP contribution in [0.25, 0.3) is 5.69 Å². The van der Waals surface area contributed by atoms with E-state index in [2.05, 4.69) is 15.4 Å². The van der Waals surface area contributed by atoms with Crippen molar-refractivity contribution in [3.63, 3.8) is 0 Å². The van der Waals surface area contributed by atoms with Crippen molar-refractivity contribution < 1.29 is 9.18 Å². The summed E-state index contributed by atoms with van der Waals surface area (Å²) in [6.07, 6.45) is 3.44. The van der Waals surface area contributed by atoms with Crippen LogP contribution in [0.2, 0.25) is 5.15 Å². The van der Waals surface area contributed by atoms with Crippen molar-refractivity contribution in [2.45, 2.75) is 6.42 Å². The standard InChI is InChI=1S/C16H12ClFN4O/c17-14-6-5-13(10-19-14)22-8-7-15(21-22)20-16(23)9-11-1-3-12(18)4-2-11/h1-8,10H,9H2,(H,20,21,23). The van der Waals surface area contributed by atoms with Crippen molar-refractivity contribution in [1.82, 2.24) is 14.8 Å².